The summed E-state index contributed by atoms with van der Waals surface area (Å²) in [6.45, 7) is 6.06. The maximum atomic E-state index is 12.5. The lowest BCUT2D eigenvalue weighted by atomic mass is 10.2. The van der Waals surface area contributed by atoms with Crippen molar-refractivity contribution in [1.29, 1.82) is 0 Å². The van der Waals surface area contributed by atoms with Crippen LogP contribution in [0.5, 0.6) is 0 Å². The standard InChI is InChI=1S/C16H20N6O/c1-5-10(2)22-14(6-7-18-22)19-16(23)12-8-13-11(3)20-21(4)15(13)17-9-12/h6-10H,5H2,1-4H3,(H,19,23). The van der Waals surface area contributed by atoms with Gasteiger partial charge in [-0.2, -0.15) is 10.2 Å². The Kier molecular flexibility index (Phi) is 3.85. The van der Waals surface area contributed by atoms with Crippen molar-refractivity contribution >= 4 is 22.8 Å². The minimum absolute atomic E-state index is 0.201. The van der Waals surface area contributed by atoms with Gasteiger partial charge in [0.25, 0.3) is 5.91 Å². The van der Waals surface area contributed by atoms with Gasteiger partial charge in [0.15, 0.2) is 5.65 Å². The van der Waals surface area contributed by atoms with Crippen LogP contribution < -0.4 is 5.32 Å². The van der Waals surface area contributed by atoms with Gasteiger partial charge in [-0.25, -0.2) is 9.67 Å². The van der Waals surface area contributed by atoms with E-state index in [9.17, 15) is 4.79 Å². The Labute approximate surface area is 134 Å². The van der Waals surface area contributed by atoms with Crippen molar-refractivity contribution in [2.75, 3.05) is 5.32 Å². The summed E-state index contributed by atoms with van der Waals surface area (Å²) in [5.74, 6) is 0.486. The van der Waals surface area contributed by atoms with E-state index >= 15 is 0 Å². The fraction of sp³-hybridized carbons (Fsp3) is 0.375. The van der Waals surface area contributed by atoms with Gasteiger partial charge in [0, 0.05) is 24.7 Å². The summed E-state index contributed by atoms with van der Waals surface area (Å²) in [4.78, 5) is 16.9. The van der Waals surface area contributed by atoms with Gasteiger partial charge in [0.05, 0.1) is 23.5 Å². The van der Waals surface area contributed by atoms with Crippen LogP contribution in [0.2, 0.25) is 0 Å². The Bertz CT molecular complexity index is 863. The maximum Gasteiger partial charge on any atom is 0.258 e. The molecule has 0 aromatic carbocycles. The van der Waals surface area contributed by atoms with Crippen LogP contribution in [0, 0.1) is 6.92 Å². The molecule has 0 bridgehead atoms. The van der Waals surface area contributed by atoms with Crippen LogP contribution in [0.4, 0.5) is 5.82 Å². The lowest BCUT2D eigenvalue weighted by Gasteiger charge is -2.14. The maximum absolute atomic E-state index is 12.5. The quantitative estimate of drug-likeness (QED) is 0.803. The van der Waals surface area contributed by atoms with Gasteiger partial charge in [0.2, 0.25) is 0 Å². The number of aryl methyl sites for hydroxylation is 2. The number of fused-ring (bicyclic) bond motifs is 1. The van der Waals surface area contributed by atoms with Gasteiger partial charge in [-0.1, -0.05) is 6.92 Å². The second-order valence-corrected chi connectivity index (χ2v) is 5.68. The molecule has 3 heterocycles. The normalized spacial score (nSPS) is 12.5. The molecule has 23 heavy (non-hydrogen) atoms. The van der Waals surface area contributed by atoms with Crippen LogP contribution in [-0.2, 0) is 7.05 Å². The number of anilines is 1. The number of pyridine rings is 1. The third-order valence-corrected chi connectivity index (χ3v) is 4.05. The fourth-order valence-corrected chi connectivity index (χ4v) is 2.56. The number of aromatic nitrogens is 5. The number of rotatable bonds is 4. The first-order valence-corrected chi connectivity index (χ1v) is 7.65. The molecule has 7 heteroatoms. The molecule has 120 valence electrons. The number of nitrogens with one attached hydrogen (secondary N) is 1. The van der Waals surface area contributed by atoms with Crippen LogP contribution in [-0.4, -0.2) is 30.5 Å². The average Bonchev–Trinajstić information content (AvgIpc) is 3.11. The molecule has 1 N–H and O–H groups in total. The topological polar surface area (TPSA) is 77.6 Å². The molecule has 1 atom stereocenters. The Morgan fingerprint density at radius 3 is 2.96 bits per heavy atom. The van der Waals surface area contributed by atoms with Crippen molar-refractivity contribution in [3.8, 4) is 0 Å². The van der Waals surface area contributed by atoms with Crippen molar-refractivity contribution in [3.63, 3.8) is 0 Å². The molecule has 3 aromatic heterocycles. The van der Waals surface area contributed by atoms with Gasteiger partial charge < -0.3 is 5.32 Å². The highest BCUT2D eigenvalue weighted by Gasteiger charge is 2.15. The molecule has 1 unspecified atom stereocenters. The fourth-order valence-electron chi connectivity index (χ4n) is 2.56. The molecule has 1 amide bonds. The number of hydrogen-bond acceptors (Lipinski definition) is 4. The predicted molar refractivity (Wildman–Crippen MR) is 88.4 cm³/mol. The van der Waals surface area contributed by atoms with Gasteiger partial charge in [0.1, 0.15) is 5.82 Å². The van der Waals surface area contributed by atoms with Crippen LogP contribution in [0.15, 0.2) is 24.5 Å². The van der Waals surface area contributed by atoms with E-state index in [0.29, 0.717) is 11.4 Å². The van der Waals surface area contributed by atoms with Gasteiger partial charge >= 0.3 is 0 Å². The molecule has 3 aromatic rings. The SMILES string of the molecule is CCC(C)n1nccc1NC(=O)c1cnc2c(c1)c(C)nn2C. The zero-order valence-electron chi connectivity index (χ0n) is 13.7. The number of hydrogen-bond donors (Lipinski definition) is 1. The average molecular weight is 312 g/mol. The highest BCUT2D eigenvalue weighted by molar-refractivity contribution is 6.05. The second-order valence-electron chi connectivity index (χ2n) is 5.68. The summed E-state index contributed by atoms with van der Waals surface area (Å²) in [5, 5.41) is 12.4. The Morgan fingerprint density at radius 1 is 1.43 bits per heavy atom. The first-order valence-electron chi connectivity index (χ1n) is 7.65. The van der Waals surface area contributed by atoms with Crippen LogP contribution in [0.3, 0.4) is 0 Å². The van der Waals surface area contributed by atoms with Crippen molar-refractivity contribution in [3.05, 3.63) is 35.8 Å². The van der Waals surface area contributed by atoms with E-state index in [1.54, 1.807) is 23.1 Å². The van der Waals surface area contributed by atoms with Crippen molar-refractivity contribution < 1.29 is 4.79 Å². The Hall–Kier alpha value is -2.70. The molecule has 0 radical (unpaired) electrons. The molecule has 0 spiro atoms. The molecule has 0 aliphatic carbocycles. The molecule has 0 aliphatic heterocycles. The predicted octanol–water partition coefficient (Wildman–Crippen LogP) is 2.70. The number of nitrogens with zero attached hydrogens (tertiary/aromatic N) is 5. The summed E-state index contributed by atoms with van der Waals surface area (Å²) >= 11 is 0. The minimum atomic E-state index is -0.201. The third-order valence-electron chi connectivity index (χ3n) is 4.05. The minimum Gasteiger partial charge on any atom is -0.307 e. The van der Waals surface area contributed by atoms with Crippen molar-refractivity contribution in [2.24, 2.45) is 7.05 Å². The summed E-state index contributed by atoms with van der Waals surface area (Å²) in [6.07, 6.45) is 4.20. The monoisotopic (exact) mass is 312 g/mol. The lowest BCUT2D eigenvalue weighted by Crippen LogP contribution is -2.17. The third kappa shape index (κ3) is 2.69. The molecule has 0 saturated heterocycles. The largest absolute Gasteiger partial charge is 0.307 e. The lowest BCUT2D eigenvalue weighted by molar-refractivity contribution is 0.102. The number of amides is 1. The van der Waals surface area contributed by atoms with E-state index in [1.807, 2.05) is 24.7 Å². The molecule has 0 aliphatic rings. The zero-order chi connectivity index (χ0) is 16.6. The summed E-state index contributed by atoms with van der Waals surface area (Å²) in [5.41, 5.74) is 2.13. The van der Waals surface area contributed by atoms with Gasteiger partial charge in [-0.15, -0.1) is 0 Å². The first kappa shape index (κ1) is 15.2. The molecule has 7 nitrogen and oxygen atoms in total. The Morgan fingerprint density at radius 2 is 2.22 bits per heavy atom. The van der Waals surface area contributed by atoms with E-state index < -0.39 is 0 Å². The molecule has 0 saturated carbocycles. The molecule has 0 fully saturated rings. The summed E-state index contributed by atoms with van der Waals surface area (Å²) < 4.78 is 3.53. The van der Waals surface area contributed by atoms with Crippen molar-refractivity contribution in [2.45, 2.75) is 33.2 Å². The van der Waals surface area contributed by atoms with Gasteiger partial charge in [-0.3, -0.25) is 9.48 Å². The highest BCUT2D eigenvalue weighted by atomic mass is 16.1. The molecular formula is C16H20N6O. The van der Waals surface area contributed by atoms with Crippen LogP contribution >= 0.6 is 0 Å². The van der Waals surface area contributed by atoms with Crippen molar-refractivity contribution in [1.82, 2.24) is 24.5 Å². The number of carbonyl (C=O) groups excluding carboxylic acids is 1. The Balaban J connectivity index is 1.89. The zero-order valence-corrected chi connectivity index (χ0v) is 13.7. The molecular weight excluding hydrogens is 292 g/mol. The smallest absolute Gasteiger partial charge is 0.258 e. The van der Waals surface area contributed by atoms with E-state index in [-0.39, 0.29) is 11.9 Å². The van der Waals surface area contributed by atoms with Gasteiger partial charge in [-0.05, 0) is 26.3 Å². The van der Waals surface area contributed by atoms with E-state index in [2.05, 4.69) is 34.3 Å². The second kappa shape index (κ2) is 5.83. The van der Waals surface area contributed by atoms with E-state index in [0.717, 1.165) is 23.1 Å². The van der Waals surface area contributed by atoms with Crippen LogP contribution in [0.25, 0.3) is 11.0 Å². The van der Waals surface area contributed by atoms with E-state index in [1.165, 1.54) is 0 Å². The van der Waals surface area contributed by atoms with E-state index in [4.69, 9.17) is 0 Å². The van der Waals surface area contributed by atoms with Crippen LogP contribution in [0.1, 0.15) is 42.4 Å². The highest BCUT2D eigenvalue weighted by Crippen LogP contribution is 2.19. The number of carbonyl (C=O) groups is 1. The summed E-state index contributed by atoms with van der Waals surface area (Å²) in [6, 6.07) is 3.84. The first-order chi connectivity index (χ1) is 11.0. The molecule has 3 rings (SSSR count). The summed E-state index contributed by atoms with van der Waals surface area (Å²) in [7, 11) is 1.84.